The second kappa shape index (κ2) is 40.8. The van der Waals surface area contributed by atoms with Crippen LogP contribution in [0.4, 0.5) is 0 Å². The Morgan fingerprint density at radius 1 is 0.200 bits per heavy atom. The summed E-state index contributed by atoms with van der Waals surface area (Å²) in [5.74, 6) is 3.36. The summed E-state index contributed by atoms with van der Waals surface area (Å²) >= 11 is 0. The molecular weight excluding hydrogens is 841 g/mol. The van der Waals surface area contributed by atoms with E-state index in [1.807, 2.05) is 96.9 Å². The van der Waals surface area contributed by atoms with Crippen LogP contribution >= 0.6 is 0 Å². The van der Waals surface area contributed by atoms with Gasteiger partial charge in [-0.3, -0.25) is 0 Å². The molecule has 0 bridgehead atoms. The van der Waals surface area contributed by atoms with Gasteiger partial charge in [0.25, 0.3) is 0 Å². The topological polar surface area (TPSA) is 0 Å². The Bertz CT molecular complexity index is 2160. The fourth-order valence-electron chi connectivity index (χ4n) is 8.15. The van der Waals surface area contributed by atoms with E-state index in [2.05, 4.69) is 229 Å². The first-order chi connectivity index (χ1) is 33.8. The normalized spacial score (nSPS) is 9.77. The molecular formula is C70H108. The van der Waals surface area contributed by atoms with Crippen LogP contribution in [0.3, 0.4) is 0 Å². The van der Waals surface area contributed by atoms with E-state index in [0.717, 1.165) is 0 Å². The summed E-state index contributed by atoms with van der Waals surface area (Å²) in [6.45, 7) is 55.2. The van der Waals surface area contributed by atoms with Gasteiger partial charge < -0.3 is 0 Å². The number of rotatable bonds is 8. The molecule has 0 N–H and O–H groups in total. The molecule has 0 spiro atoms. The smallest absolute Gasteiger partial charge is 0.00616 e. The Hall–Kier alpha value is -4.94. The van der Waals surface area contributed by atoms with Gasteiger partial charge in [-0.05, 0) is 113 Å². The summed E-state index contributed by atoms with van der Waals surface area (Å²) in [5.41, 5.74) is 14.3. The maximum absolute atomic E-state index is 2.33. The molecule has 0 aliphatic rings. The Morgan fingerprint density at radius 3 is 0.671 bits per heavy atom. The number of hydrogen-bond acceptors (Lipinski definition) is 0. The van der Waals surface area contributed by atoms with Crippen molar-refractivity contribution < 1.29 is 0 Å². The van der Waals surface area contributed by atoms with E-state index in [4.69, 9.17) is 0 Å². The minimum absolute atomic E-state index is 0.480. The van der Waals surface area contributed by atoms with Crippen molar-refractivity contribution in [3.63, 3.8) is 0 Å². The third kappa shape index (κ3) is 20.8. The molecule has 0 amide bonds. The van der Waals surface area contributed by atoms with Crippen molar-refractivity contribution in [3.8, 4) is 22.3 Å². The molecule has 0 saturated heterocycles. The highest BCUT2D eigenvalue weighted by Crippen LogP contribution is 2.43. The lowest BCUT2D eigenvalue weighted by molar-refractivity contribution is 0.790. The van der Waals surface area contributed by atoms with Crippen LogP contribution in [0, 0.1) is 0 Å². The molecule has 7 aromatic rings. The average Bonchev–Trinajstić information content (AvgIpc) is 3.42. The van der Waals surface area contributed by atoms with Crippen LogP contribution in [-0.2, 0) is 0 Å². The maximum Gasteiger partial charge on any atom is -0.00616 e. The van der Waals surface area contributed by atoms with Gasteiger partial charge in [0.15, 0.2) is 0 Å². The van der Waals surface area contributed by atoms with Crippen LogP contribution < -0.4 is 0 Å². The van der Waals surface area contributed by atoms with Crippen LogP contribution in [0.25, 0.3) is 43.8 Å². The molecule has 70 heavy (non-hydrogen) atoms. The molecule has 0 atom stereocenters. The highest BCUT2D eigenvalue weighted by atomic mass is 14.2. The molecule has 0 aromatic heterocycles. The maximum atomic E-state index is 2.33. The molecule has 0 fully saturated rings. The summed E-state index contributed by atoms with van der Waals surface area (Å²) in [7, 11) is 0. The van der Waals surface area contributed by atoms with E-state index in [-0.39, 0.29) is 0 Å². The van der Waals surface area contributed by atoms with E-state index < -0.39 is 0 Å². The van der Waals surface area contributed by atoms with Crippen LogP contribution in [0.2, 0.25) is 0 Å². The van der Waals surface area contributed by atoms with Gasteiger partial charge in [0, 0.05) is 0 Å². The van der Waals surface area contributed by atoms with Gasteiger partial charge in [0.2, 0.25) is 0 Å². The van der Waals surface area contributed by atoms with Crippen LogP contribution in [-0.4, -0.2) is 0 Å². The van der Waals surface area contributed by atoms with E-state index >= 15 is 0 Å². The lowest BCUT2D eigenvalue weighted by Crippen LogP contribution is -1.99. The molecule has 0 radical (unpaired) electrons. The van der Waals surface area contributed by atoms with E-state index in [9.17, 15) is 0 Å². The van der Waals surface area contributed by atoms with Gasteiger partial charge >= 0.3 is 0 Å². The molecule has 0 aliphatic carbocycles. The monoisotopic (exact) mass is 949 g/mol. The minimum atomic E-state index is 0.480. The SMILES string of the molecule is CC.CC.CC.CC.CC.CC.CC.CC(C)c1ccc2ccccc2c1-c1c(C(C)C)ccc2ccccc12.CC(C)c1ccccc1-c1ccccc1C(C)C.CC(C)c1ccccc1C(C)C. The fourth-order valence-corrected chi connectivity index (χ4v) is 8.15. The Labute approximate surface area is 436 Å². The van der Waals surface area contributed by atoms with Gasteiger partial charge in [0.1, 0.15) is 0 Å². The molecule has 388 valence electrons. The van der Waals surface area contributed by atoms with Gasteiger partial charge in [0.05, 0.1) is 0 Å². The predicted octanol–water partition coefficient (Wildman–Crippen LogP) is 24.6. The number of fused-ring (bicyclic) bond motifs is 2. The molecule has 7 aromatic carbocycles. The predicted molar refractivity (Wildman–Crippen MR) is 329 cm³/mol. The lowest BCUT2D eigenvalue weighted by atomic mass is 9.82. The number of benzene rings is 7. The first-order valence-corrected chi connectivity index (χ1v) is 28.1. The zero-order chi connectivity index (χ0) is 54.5. The fraction of sp³-hybridized carbons (Fsp3) is 0.457. The van der Waals surface area contributed by atoms with Crippen molar-refractivity contribution in [2.45, 2.75) is 216 Å². The lowest BCUT2D eigenvalue weighted by Gasteiger charge is -2.22. The van der Waals surface area contributed by atoms with Crippen molar-refractivity contribution >= 4 is 21.5 Å². The summed E-state index contributed by atoms with van der Waals surface area (Å²) < 4.78 is 0. The Balaban J connectivity index is -0.000000894. The van der Waals surface area contributed by atoms with Crippen LogP contribution in [0.5, 0.6) is 0 Å². The zero-order valence-electron chi connectivity index (χ0n) is 50.3. The zero-order valence-corrected chi connectivity index (χ0v) is 50.3. The molecule has 0 heterocycles. The van der Waals surface area contributed by atoms with Crippen molar-refractivity contribution in [2.24, 2.45) is 0 Å². The van der Waals surface area contributed by atoms with E-state index in [1.54, 1.807) is 0 Å². The van der Waals surface area contributed by atoms with Gasteiger partial charge in [-0.1, -0.05) is 326 Å². The summed E-state index contributed by atoms with van der Waals surface area (Å²) in [5, 5.41) is 5.35. The van der Waals surface area contributed by atoms with Crippen LogP contribution in [0.1, 0.15) is 249 Å². The quantitative estimate of drug-likeness (QED) is 0.142. The largest absolute Gasteiger partial charge is 0.0683 e. The van der Waals surface area contributed by atoms with E-state index in [1.165, 1.54) is 77.2 Å². The van der Waals surface area contributed by atoms with Crippen molar-refractivity contribution in [1.29, 1.82) is 0 Å². The molecule has 0 nitrogen and oxygen atoms in total. The standard InChI is InChI=1S/C26H26.C18H22.C12H18.7C2H6/c1-17(2)21-15-13-19-9-5-7-11-23(19)25(21)26-22(18(3)4)16-14-20-10-6-8-12-24(20)26;1-13(2)15-9-5-7-11-17(15)18-12-8-6-10-16(18)14(3)4;1-9(2)11-7-5-6-8-12(11)10(3)4;7*1-2/h5-18H,1-4H3;5-14H,1-4H3;5-10H,1-4H3;7*1-2H3. The Morgan fingerprint density at radius 2 is 0.414 bits per heavy atom. The van der Waals surface area contributed by atoms with Gasteiger partial charge in [-0.15, -0.1) is 0 Å². The molecule has 7 rings (SSSR count). The molecule has 0 unspecified atom stereocenters. The number of hydrogen-bond donors (Lipinski definition) is 0. The molecule has 0 saturated carbocycles. The first-order valence-electron chi connectivity index (χ1n) is 28.1. The Kier molecular flexibility index (Phi) is 40.4. The second-order valence-corrected chi connectivity index (χ2v) is 17.2. The molecule has 0 heteroatoms. The minimum Gasteiger partial charge on any atom is -0.0683 e. The van der Waals surface area contributed by atoms with Crippen molar-refractivity contribution in [2.75, 3.05) is 0 Å². The highest BCUT2D eigenvalue weighted by molar-refractivity contribution is 6.08. The summed E-state index contributed by atoms with van der Waals surface area (Å²) in [6.07, 6.45) is 0. The van der Waals surface area contributed by atoms with Crippen molar-refractivity contribution in [3.05, 3.63) is 179 Å². The van der Waals surface area contributed by atoms with Crippen molar-refractivity contribution in [1.82, 2.24) is 0 Å². The average molecular weight is 950 g/mol. The second-order valence-electron chi connectivity index (χ2n) is 17.2. The summed E-state index contributed by atoms with van der Waals surface area (Å²) in [4.78, 5) is 0. The first kappa shape index (κ1) is 69.3. The third-order valence-electron chi connectivity index (χ3n) is 11.1. The van der Waals surface area contributed by atoms with Gasteiger partial charge in [-0.2, -0.15) is 0 Å². The molecule has 0 aliphatic heterocycles. The highest BCUT2D eigenvalue weighted by Gasteiger charge is 2.19. The van der Waals surface area contributed by atoms with Gasteiger partial charge in [-0.25, -0.2) is 0 Å². The van der Waals surface area contributed by atoms with Crippen LogP contribution in [0.15, 0.2) is 146 Å². The summed E-state index contributed by atoms with van der Waals surface area (Å²) in [6, 6.07) is 53.1. The third-order valence-corrected chi connectivity index (χ3v) is 11.1. The van der Waals surface area contributed by atoms with E-state index in [0.29, 0.717) is 35.5 Å².